The highest BCUT2D eigenvalue weighted by Gasteiger charge is 2.19. The number of rotatable bonds is 6. The van der Waals surface area contributed by atoms with Gasteiger partial charge in [-0.05, 0) is 30.7 Å². The minimum absolute atomic E-state index is 0.0615. The van der Waals surface area contributed by atoms with Crippen molar-refractivity contribution in [2.24, 2.45) is 5.73 Å². The van der Waals surface area contributed by atoms with E-state index in [0.717, 1.165) is 16.9 Å². The van der Waals surface area contributed by atoms with E-state index in [4.69, 9.17) is 34.7 Å². The number of hydrogen-bond donors (Lipinski definition) is 3. The molecule has 0 spiro atoms. The Bertz CT molecular complexity index is 1290. The molecular weight excluding hydrogens is 437 g/mol. The van der Waals surface area contributed by atoms with Gasteiger partial charge in [0.05, 0.1) is 27.5 Å². The maximum Gasteiger partial charge on any atom is 0.240 e. The molecule has 0 aliphatic rings. The summed E-state index contributed by atoms with van der Waals surface area (Å²) < 4.78 is 1.95. The molecule has 1 aromatic carbocycles. The van der Waals surface area contributed by atoms with Crippen molar-refractivity contribution < 1.29 is 4.79 Å². The number of halogens is 2. The van der Waals surface area contributed by atoms with Gasteiger partial charge in [0, 0.05) is 24.2 Å². The molecule has 1 unspecified atom stereocenters. The summed E-state index contributed by atoms with van der Waals surface area (Å²) in [5.74, 6) is 0.716. The number of nitrogen functional groups attached to an aromatic ring is 1. The van der Waals surface area contributed by atoms with Gasteiger partial charge >= 0.3 is 0 Å². The van der Waals surface area contributed by atoms with Crippen LogP contribution in [0.4, 0.5) is 11.8 Å². The summed E-state index contributed by atoms with van der Waals surface area (Å²) in [7, 11) is 0. The van der Waals surface area contributed by atoms with E-state index in [-0.39, 0.29) is 12.4 Å². The van der Waals surface area contributed by atoms with Crippen LogP contribution in [0.25, 0.3) is 16.8 Å². The number of nitrogens with one attached hydrogen (secondary N) is 1. The second-order valence-electron chi connectivity index (χ2n) is 7.03. The van der Waals surface area contributed by atoms with E-state index in [1.807, 2.05) is 29.7 Å². The average molecular weight is 456 g/mol. The monoisotopic (exact) mass is 455 g/mol. The third-order valence-electron chi connectivity index (χ3n) is 4.87. The topological polar surface area (TPSA) is 124 Å². The Morgan fingerprint density at radius 3 is 2.81 bits per heavy atom. The van der Waals surface area contributed by atoms with Crippen LogP contribution < -0.4 is 16.8 Å². The third kappa shape index (κ3) is 4.40. The lowest BCUT2D eigenvalue weighted by molar-refractivity contribution is -0.118. The van der Waals surface area contributed by atoms with Gasteiger partial charge in [0.25, 0.3) is 0 Å². The number of imidazole rings is 1. The molecule has 1 amide bonds. The van der Waals surface area contributed by atoms with E-state index >= 15 is 0 Å². The lowest BCUT2D eigenvalue weighted by atomic mass is 10.1. The fraction of sp³-hybridized carbons (Fsp3) is 0.143. The smallest absolute Gasteiger partial charge is 0.240 e. The van der Waals surface area contributed by atoms with Gasteiger partial charge in [-0.2, -0.15) is 4.98 Å². The molecule has 3 aromatic heterocycles. The zero-order valence-electron chi connectivity index (χ0n) is 16.5. The van der Waals surface area contributed by atoms with E-state index in [2.05, 4.69) is 20.3 Å². The molecule has 0 aliphatic carbocycles. The highest BCUT2D eigenvalue weighted by Crippen LogP contribution is 2.27. The first-order valence-electron chi connectivity index (χ1n) is 9.39. The number of fused-ring (bicyclic) bond motifs is 1. The van der Waals surface area contributed by atoms with Gasteiger partial charge in [-0.15, -0.1) is 0 Å². The van der Waals surface area contributed by atoms with Crippen LogP contribution in [0.15, 0.2) is 48.8 Å². The van der Waals surface area contributed by atoms with Crippen molar-refractivity contribution >= 4 is 46.4 Å². The molecule has 0 saturated carbocycles. The number of nitrogens with two attached hydrogens (primary N) is 2. The van der Waals surface area contributed by atoms with E-state index < -0.39 is 11.9 Å². The Morgan fingerprint density at radius 1 is 1.23 bits per heavy atom. The van der Waals surface area contributed by atoms with Crippen LogP contribution in [0.2, 0.25) is 10.0 Å². The van der Waals surface area contributed by atoms with Gasteiger partial charge in [0.2, 0.25) is 11.9 Å². The molecule has 4 rings (SSSR count). The predicted octanol–water partition coefficient (Wildman–Crippen LogP) is 3.50. The molecular formula is C21H19Cl2N7O. The molecule has 0 fully saturated rings. The molecule has 0 radical (unpaired) electrons. The summed E-state index contributed by atoms with van der Waals surface area (Å²) in [5.41, 5.74) is 14.6. The molecule has 3 heterocycles. The van der Waals surface area contributed by atoms with Crippen molar-refractivity contribution in [1.82, 2.24) is 19.4 Å². The van der Waals surface area contributed by atoms with Crippen LogP contribution >= 0.6 is 23.2 Å². The Hall–Kier alpha value is -3.36. The number of aromatic nitrogens is 4. The van der Waals surface area contributed by atoms with Gasteiger partial charge in [-0.25, -0.2) is 9.97 Å². The average Bonchev–Trinajstić information content (AvgIpc) is 3.10. The Balaban J connectivity index is 1.65. The largest absolute Gasteiger partial charge is 0.368 e. The van der Waals surface area contributed by atoms with E-state index in [1.54, 1.807) is 30.5 Å². The fourth-order valence-electron chi connectivity index (χ4n) is 3.29. The summed E-state index contributed by atoms with van der Waals surface area (Å²) in [4.78, 5) is 24.9. The quantitative estimate of drug-likeness (QED) is 0.408. The molecule has 0 bridgehead atoms. The van der Waals surface area contributed by atoms with Crippen LogP contribution in [0.3, 0.4) is 0 Å². The van der Waals surface area contributed by atoms with Crippen molar-refractivity contribution in [2.75, 3.05) is 11.1 Å². The number of amides is 1. The Morgan fingerprint density at radius 2 is 2.03 bits per heavy atom. The molecule has 10 heteroatoms. The summed E-state index contributed by atoms with van der Waals surface area (Å²) >= 11 is 12.3. The SMILES string of the molecule is Cc1ncc2ccc(-c3cc(NC(Cc4cccc(Cl)c4Cl)C(N)=O)nc(N)n3)cn12. The summed E-state index contributed by atoms with van der Waals surface area (Å²) in [6, 6.07) is 10.0. The van der Waals surface area contributed by atoms with Crippen molar-refractivity contribution in [2.45, 2.75) is 19.4 Å². The second-order valence-corrected chi connectivity index (χ2v) is 7.82. The number of anilines is 2. The van der Waals surface area contributed by atoms with Crippen LogP contribution in [-0.4, -0.2) is 31.3 Å². The number of nitrogens with zero attached hydrogens (tertiary/aromatic N) is 4. The molecule has 4 aromatic rings. The number of benzene rings is 1. The first-order chi connectivity index (χ1) is 14.8. The number of carbonyl (C=O) groups is 1. The first-order valence-corrected chi connectivity index (χ1v) is 10.1. The van der Waals surface area contributed by atoms with Gasteiger partial charge in [0.15, 0.2) is 0 Å². The van der Waals surface area contributed by atoms with Crippen molar-refractivity contribution in [3.8, 4) is 11.3 Å². The van der Waals surface area contributed by atoms with Crippen molar-refractivity contribution in [3.63, 3.8) is 0 Å². The number of carbonyl (C=O) groups excluding carboxylic acids is 1. The van der Waals surface area contributed by atoms with Gasteiger partial charge in [0.1, 0.15) is 17.7 Å². The lowest BCUT2D eigenvalue weighted by Gasteiger charge is -2.18. The molecule has 8 nitrogen and oxygen atoms in total. The van der Waals surface area contributed by atoms with E-state index in [0.29, 0.717) is 27.1 Å². The zero-order valence-corrected chi connectivity index (χ0v) is 18.0. The van der Waals surface area contributed by atoms with E-state index in [9.17, 15) is 4.79 Å². The Kier molecular flexibility index (Phi) is 5.67. The summed E-state index contributed by atoms with van der Waals surface area (Å²) in [6.07, 6.45) is 3.94. The minimum atomic E-state index is -0.781. The van der Waals surface area contributed by atoms with Crippen LogP contribution in [0, 0.1) is 6.92 Å². The molecule has 31 heavy (non-hydrogen) atoms. The van der Waals surface area contributed by atoms with Crippen LogP contribution in [-0.2, 0) is 11.2 Å². The molecule has 0 saturated heterocycles. The maximum absolute atomic E-state index is 12.1. The third-order valence-corrected chi connectivity index (χ3v) is 5.73. The number of primary amides is 1. The van der Waals surface area contributed by atoms with E-state index in [1.165, 1.54) is 0 Å². The molecule has 1 atom stereocenters. The van der Waals surface area contributed by atoms with Gasteiger partial charge in [-0.1, -0.05) is 35.3 Å². The molecule has 0 aliphatic heterocycles. The van der Waals surface area contributed by atoms with Crippen molar-refractivity contribution in [1.29, 1.82) is 0 Å². The number of hydrogen-bond acceptors (Lipinski definition) is 6. The first kappa shape index (κ1) is 20.9. The highest BCUT2D eigenvalue weighted by molar-refractivity contribution is 6.42. The number of aryl methyl sites for hydroxylation is 1. The van der Waals surface area contributed by atoms with Gasteiger partial charge < -0.3 is 21.2 Å². The Labute approximate surface area is 188 Å². The van der Waals surface area contributed by atoms with Crippen LogP contribution in [0.5, 0.6) is 0 Å². The maximum atomic E-state index is 12.1. The second kappa shape index (κ2) is 8.41. The molecule has 158 valence electrons. The highest BCUT2D eigenvalue weighted by atomic mass is 35.5. The summed E-state index contributed by atoms with van der Waals surface area (Å²) in [5, 5.41) is 3.82. The van der Waals surface area contributed by atoms with Crippen molar-refractivity contribution in [3.05, 3.63) is 70.2 Å². The predicted molar refractivity (Wildman–Crippen MR) is 122 cm³/mol. The minimum Gasteiger partial charge on any atom is -0.368 e. The zero-order chi connectivity index (χ0) is 22.1. The van der Waals surface area contributed by atoms with Crippen LogP contribution in [0.1, 0.15) is 11.4 Å². The molecule has 5 N–H and O–H groups in total. The van der Waals surface area contributed by atoms with Gasteiger partial charge in [-0.3, -0.25) is 4.79 Å². The summed E-state index contributed by atoms with van der Waals surface area (Å²) in [6.45, 7) is 1.91. The number of pyridine rings is 1. The lowest BCUT2D eigenvalue weighted by Crippen LogP contribution is -2.37. The standard InChI is InChI=1S/C21H19Cl2N7O/c1-11-26-9-14-6-5-13(10-30(11)14)16-8-18(29-21(25)28-16)27-17(20(24)31)7-12-3-2-4-15(22)19(12)23/h2-6,8-10,17H,7H2,1H3,(H2,24,31)(H3,25,27,28,29). The normalized spacial score (nSPS) is 12.1. The fourth-order valence-corrected chi connectivity index (χ4v) is 3.68.